The SMILES string of the molecule is CC(c1ccccc1Cl)N(CC(=O)Nc1ccccc1I)C1CC1. The number of amides is 1. The first-order valence-corrected chi connectivity index (χ1v) is 9.56. The number of nitrogens with one attached hydrogen (secondary N) is 1. The van der Waals surface area contributed by atoms with Crippen LogP contribution in [0.3, 0.4) is 0 Å². The Balaban J connectivity index is 1.71. The van der Waals surface area contributed by atoms with Crippen molar-refractivity contribution >= 4 is 45.8 Å². The molecule has 1 aliphatic rings. The minimum Gasteiger partial charge on any atom is -0.324 e. The van der Waals surface area contributed by atoms with Crippen molar-refractivity contribution in [2.45, 2.75) is 31.8 Å². The number of carbonyl (C=O) groups excluding carboxylic acids is 1. The first kappa shape index (κ1) is 17.7. The van der Waals surface area contributed by atoms with Gasteiger partial charge < -0.3 is 5.32 Å². The van der Waals surface area contributed by atoms with Gasteiger partial charge in [-0.25, -0.2) is 0 Å². The van der Waals surface area contributed by atoms with Crippen molar-refractivity contribution in [3.05, 3.63) is 62.7 Å². The standard InChI is InChI=1S/C19H20ClIN2O/c1-13(15-6-2-3-7-16(15)20)23(14-10-11-14)12-19(24)22-18-9-5-4-8-17(18)21/h2-9,13-14H,10-12H2,1H3,(H,22,24). The van der Waals surface area contributed by atoms with E-state index in [9.17, 15) is 4.79 Å². The first-order chi connectivity index (χ1) is 11.6. The number of nitrogens with zero attached hydrogens (tertiary/aromatic N) is 1. The van der Waals surface area contributed by atoms with Crippen molar-refractivity contribution in [3.8, 4) is 0 Å². The Morgan fingerprint density at radius 3 is 2.58 bits per heavy atom. The van der Waals surface area contributed by atoms with Crippen molar-refractivity contribution in [3.63, 3.8) is 0 Å². The van der Waals surface area contributed by atoms with Crippen LogP contribution in [-0.4, -0.2) is 23.4 Å². The summed E-state index contributed by atoms with van der Waals surface area (Å²) >= 11 is 8.58. The van der Waals surface area contributed by atoms with Crippen LogP contribution in [0.1, 0.15) is 31.4 Å². The molecule has 1 amide bonds. The zero-order valence-corrected chi connectivity index (χ0v) is 16.4. The van der Waals surface area contributed by atoms with E-state index >= 15 is 0 Å². The van der Waals surface area contributed by atoms with Crippen LogP contribution in [0.2, 0.25) is 5.02 Å². The summed E-state index contributed by atoms with van der Waals surface area (Å²) in [5.41, 5.74) is 1.94. The molecule has 0 radical (unpaired) electrons. The maximum atomic E-state index is 12.5. The Bertz CT molecular complexity index is 733. The molecule has 24 heavy (non-hydrogen) atoms. The third-order valence-corrected chi connectivity index (χ3v) is 5.63. The van der Waals surface area contributed by atoms with Crippen molar-refractivity contribution in [2.75, 3.05) is 11.9 Å². The van der Waals surface area contributed by atoms with Crippen molar-refractivity contribution in [1.82, 2.24) is 4.90 Å². The Morgan fingerprint density at radius 1 is 1.25 bits per heavy atom. The Labute approximate surface area is 161 Å². The normalized spacial score (nSPS) is 15.3. The molecule has 3 nitrogen and oxygen atoms in total. The van der Waals surface area contributed by atoms with E-state index < -0.39 is 0 Å². The first-order valence-electron chi connectivity index (χ1n) is 8.11. The highest BCUT2D eigenvalue weighted by Gasteiger charge is 2.34. The number of hydrogen-bond acceptors (Lipinski definition) is 2. The van der Waals surface area contributed by atoms with E-state index in [4.69, 9.17) is 11.6 Å². The molecule has 2 aromatic rings. The summed E-state index contributed by atoms with van der Waals surface area (Å²) < 4.78 is 1.04. The number of halogens is 2. The third kappa shape index (κ3) is 4.29. The number of para-hydroxylation sites is 1. The van der Waals surface area contributed by atoms with E-state index in [2.05, 4.69) is 39.7 Å². The molecule has 0 saturated heterocycles. The fraction of sp³-hybridized carbons (Fsp3) is 0.316. The molecule has 1 atom stereocenters. The number of hydrogen-bond donors (Lipinski definition) is 1. The van der Waals surface area contributed by atoms with E-state index in [1.54, 1.807) is 0 Å². The summed E-state index contributed by atoms with van der Waals surface area (Å²) in [7, 11) is 0. The van der Waals surface area contributed by atoms with Crippen LogP contribution in [0, 0.1) is 3.57 Å². The molecular formula is C19H20ClIN2O. The number of benzene rings is 2. The molecule has 1 N–H and O–H groups in total. The highest BCUT2D eigenvalue weighted by Crippen LogP contribution is 2.36. The molecule has 0 heterocycles. The second-order valence-corrected chi connectivity index (χ2v) is 7.70. The van der Waals surface area contributed by atoms with Crippen molar-refractivity contribution < 1.29 is 4.79 Å². The maximum absolute atomic E-state index is 12.5. The van der Waals surface area contributed by atoms with Gasteiger partial charge >= 0.3 is 0 Å². The lowest BCUT2D eigenvalue weighted by Gasteiger charge is -2.29. The highest BCUT2D eigenvalue weighted by atomic mass is 127. The zero-order valence-electron chi connectivity index (χ0n) is 13.5. The minimum atomic E-state index is 0.0184. The predicted octanol–water partition coefficient (Wildman–Crippen LogP) is 5.11. The molecule has 5 heteroatoms. The van der Waals surface area contributed by atoms with Crippen molar-refractivity contribution in [2.24, 2.45) is 0 Å². The number of carbonyl (C=O) groups is 1. The molecule has 3 rings (SSSR count). The van der Waals surface area contributed by atoms with Crippen LogP contribution in [0.5, 0.6) is 0 Å². The summed E-state index contributed by atoms with van der Waals surface area (Å²) in [6.45, 7) is 2.50. The molecule has 0 spiro atoms. The van der Waals surface area contributed by atoms with Crippen LogP contribution in [0.4, 0.5) is 5.69 Å². The summed E-state index contributed by atoms with van der Waals surface area (Å²) in [4.78, 5) is 14.8. The molecule has 0 aromatic heterocycles. The average molecular weight is 455 g/mol. The third-order valence-electron chi connectivity index (χ3n) is 4.34. The van der Waals surface area contributed by atoms with E-state index in [-0.39, 0.29) is 11.9 Å². The molecule has 1 unspecified atom stereocenters. The Morgan fingerprint density at radius 2 is 1.92 bits per heavy atom. The Kier molecular flexibility index (Phi) is 5.79. The van der Waals surface area contributed by atoms with Gasteiger partial charge in [-0.05, 0) is 66.1 Å². The van der Waals surface area contributed by atoms with Crippen LogP contribution in [-0.2, 0) is 4.79 Å². The van der Waals surface area contributed by atoms with Gasteiger partial charge in [0, 0.05) is 20.7 Å². The molecule has 126 valence electrons. The van der Waals surface area contributed by atoms with Gasteiger partial charge in [0.2, 0.25) is 5.91 Å². The van der Waals surface area contributed by atoms with Gasteiger partial charge in [0.05, 0.1) is 12.2 Å². The lowest BCUT2D eigenvalue weighted by Crippen LogP contribution is -2.37. The van der Waals surface area contributed by atoms with Crippen LogP contribution < -0.4 is 5.32 Å². The highest BCUT2D eigenvalue weighted by molar-refractivity contribution is 14.1. The molecule has 1 aliphatic carbocycles. The van der Waals surface area contributed by atoms with E-state index in [1.165, 1.54) is 0 Å². The molecule has 0 bridgehead atoms. The maximum Gasteiger partial charge on any atom is 0.238 e. The molecule has 1 fully saturated rings. The van der Waals surface area contributed by atoms with Crippen LogP contribution >= 0.6 is 34.2 Å². The summed E-state index contributed by atoms with van der Waals surface area (Å²) in [5.74, 6) is 0.0184. The molecule has 2 aromatic carbocycles. The van der Waals surface area contributed by atoms with E-state index in [1.807, 2.05) is 48.5 Å². The van der Waals surface area contributed by atoms with Crippen molar-refractivity contribution in [1.29, 1.82) is 0 Å². The van der Waals surface area contributed by atoms with Gasteiger partial charge in [0.25, 0.3) is 0 Å². The monoisotopic (exact) mass is 454 g/mol. The van der Waals surface area contributed by atoms with Gasteiger partial charge in [0.1, 0.15) is 0 Å². The second kappa shape index (κ2) is 7.85. The van der Waals surface area contributed by atoms with Crippen LogP contribution in [0.25, 0.3) is 0 Å². The topological polar surface area (TPSA) is 32.3 Å². The molecule has 1 saturated carbocycles. The van der Waals surface area contributed by atoms with Gasteiger partial charge in [-0.15, -0.1) is 0 Å². The van der Waals surface area contributed by atoms with Gasteiger partial charge in [-0.3, -0.25) is 9.69 Å². The summed E-state index contributed by atoms with van der Waals surface area (Å²) in [6.07, 6.45) is 2.29. The lowest BCUT2D eigenvalue weighted by molar-refractivity contribution is -0.118. The second-order valence-electron chi connectivity index (χ2n) is 6.13. The fourth-order valence-electron chi connectivity index (χ4n) is 2.90. The number of rotatable bonds is 6. The summed E-state index contributed by atoms with van der Waals surface area (Å²) in [5, 5.41) is 3.78. The smallest absolute Gasteiger partial charge is 0.238 e. The van der Waals surface area contributed by atoms with Gasteiger partial charge in [-0.2, -0.15) is 0 Å². The number of anilines is 1. The largest absolute Gasteiger partial charge is 0.324 e. The average Bonchev–Trinajstić information content (AvgIpc) is 3.39. The predicted molar refractivity (Wildman–Crippen MR) is 107 cm³/mol. The van der Waals surface area contributed by atoms with Crippen LogP contribution in [0.15, 0.2) is 48.5 Å². The van der Waals surface area contributed by atoms with E-state index in [0.29, 0.717) is 12.6 Å². The summed E-state index contributed by atoms with van der Waals surface area (Å²) in [6, 6.07) is 16.3. The molecular weight excluding hydrogens is 435 g/mol. The minimum absolute atomic E-state index is 0.0184. The van der Waals surface area contributed by atoms with Gasteiger partial charge in [-0.1, -0.05) is 41.9 Å². The fourth-order valence-corrected chi connectivity index (χ4v) is 3.72. The van der Waals surface area contributed by atoms with Gasteiger partial charge in [0.15, 0.2) is 0 Å². The molecule has 0 aliphatic heterocycles. The Hall–Kier alpha value is -1.11. The lowest BCUT2D eigenvalue weighted by atomic mass is 10.1. The van der Waals surface area contributed by atoms with E-state index in [0.717, 1.165) is 32.7 Å². The quantitative estimate of drug-likeness (QED) is 0.615. The zero-order chi connectivity index (χ0) is 17.1.